The third-order valence-electron chi connectivity index (χ3n) is 3.18. The highest BCUT2D eigenvalue weighted by molar-refractivity contribution is 7.90. The van der Waals surface area contributed by atoms with Crippen molar-refractivity contribution in [1.29, 1.82) is 0 Å². The minimum Gasteiger partial charge on any atom is -0.398 e. The number of nitrogens with two attached hydrogens (primary N) is 1. The summed E-state index contributed by atoms with van der Waals surface area (Å²) in [6.07, 6.45) is 2.94. The van der Waals surface area contributed by atoms with E-state index in [1.54, 1.807) is 18.2 Å². The largest absolute Gasteiger partial charge is 0.398 e. The predicted octanol–water partition coefficient (Wildman–Crippen LogP) is 0.696. The molecule has 0 unspecified atom stereocenters. The maximum absolute atomic E-state index is 11.5. The van der Waals surface area contributed by atoms with E-state index in [-0.39, 0.29) is 22.6 Å². The van der Waals surface area contributed by atoms with Crippen molar-refractivity contribution in [2.75, 3.05) is 18.6 Å². The number of nitrogen functional groups attached to an aromatic ring is 1. The smallest absolute Gasteiger partial charge is 0.177 e. The molecule has 0 aliphatic heterocycles. The van der Waals surface area contributed by atoms with E-state index in [0.717, 1.165) is 24.7 Å². The Morgan fingerprint density at radius 2 is 2.06 bits per heavy atom. The first-order valence-corrected chi connectivity index (χ1v) is 6.99. The van der Waals surface area contributed by atoms with Crippen LogP contribution in [0.4, 0.5) is 5.69 Å². The fourth-order valence-electron chi connectivity index (χ4n) is 1.87. The Kier molecular flexibility index (Phi) is 2.47. The molecule has 4 nitrogen and oxygen atoms in total. The lowest BCUT2D eigenvalue weighted by molar-refractivity contribution is 0.255. The summed E-state index contributed by atoms with van der Waals surface area (Å²) in [5.74, 6) is 0. The lowest BCUT2D eigenvalue weighted by Crippen LogP contribution is -2.13. The monoisotopic (exact) mass is 241 g/mol. The molecule has 0 aromatic heterocycles. The van der Waals surface area contributed by atoms with E-state index in [1.165, 1.54) is 0 Å². The molecule has 5 heteroatoms. The summed E-state index contributed by atoms with van der Waals surface area (Å²) in [6, 6.07) is 4.99. The summed E-state index contributed by atoms with van der Waals surface area (Å²) in [5, 5.41) is 9.29. The van der Waals surface area contributed by atoms with E-state index < -0.39 is 9.84 Å². The molecule has 1 aliphatic rings. The normalized spacial score (nSPS) is 18.4. The topological polar surface area (TPSA) is 80.4 Å². The molecule has 16 heavy (non-hydrogen) atoms. The van der Waals surface area contributed by atoms with Gasteiger partial charge in [0.05, 0.1) is 17.2 Å². The van der Waals surface area contributed by atoms with Gasteiger partial charge in [-0.1, -0.05) is 6.07 Å². The zero-order valence-corrected chi connectivity index (χ0v) is 9.92. The SMILES string of the molecule is CS(=O)(=O)c1cc(C2(CO)CC2)ccc1N. The number of anilines is 1. The molecule has 0 spiro atoms. The van der Waals surface area contributed by atoms with Crippen LogP contribution in [0.1, 0.15) is 18.4 Å². The Hall–Kier alpha value is -1.07. The highest BCUT2D eigenvalue weighted by Crippen LogP contribution is 2.48. The second-order valence-corrected chi connectivity index (χ2v) is 6.45. The molecular weight excluding hydrogens is 226 g/mol. The van der Waals surface area contributed by atoms with E-state index >= 15 is 0 Å². The Labute approximate surface area is 95.0 Å². The fraction of sp³-hybridized carbons (Fsp3) is 0.455. The Bertz CT molecular complexity index is 518. The van der Waals surface area contributed by atoms with Crippen molar-refractivity contribution in [2.24, 2.45) is 0 Å². The second kappa shape index (κ2) is 3.46. The van der Waals surface area contributed by atoms with Crippen LogP contribution < -0.4 is 5.73 Å². The summed E-state index contributed by atoms with van der Waals surface area (Å²) in [5.41, 5.74) is 6.54. The molecule has 3 N–H and O–H groups in total. The molecule has 2 rings (SSSR count). The molecular formula is C11H15NO3S. The van der Waals surface area contributed by atoms with Crippen LogP contribution in [-0.4, -0.2) is 26.4 Å². The van der Waals surface area contributed by atoms with Crippen molar-refractivity contribution in [1.82, 2.24) is 0 Å². The molecule has 0 radical (unpaired) electrons. The summed E-state index contributed by atoms with van der Waals surface area (Å²) >= 11 is 0. The Balaban J connectivity index is 2.53. The first-order chi connectivity index (χ1) is 7.39. The molecule has 1 aromatic carbocycles. The van der Waals surface area contributed by atoms with Gasteiger partial charge in [0.25, 0.3) is 0 Å². The summed E-state index contributed by atoms with van der Waals surface area (Å²) < 4.78 is 23.0. The minimum absolute atomic E-state index is 0.0557. The van der Waals surface area contributed by atoms with Crippen molar-refractivity contribution >= 4 is 15.5 Å². The van der Waals surface area contributed by atoms with Gasteiger partial charge in [-0.2, -0.15) is 0 Å². The lowest BCUT2D eigenvalue weighted by Gasteiger charge is -2.14. The first-order valence-electron chi connectivity index (χ1n) is 5.10. The van der Waals surface area contributed by atoms with Gasteiger partial charge in [0.1, 0.15) is 0 Å². The van der Waals surface area contributed by atoms with Gasteiger partial charge in [0, 0.05) is 11.7 Å². The molecule has 1 aromatic rings. The number of hydrogen-bond acceptors (Lipinski definition) is 4. The molecule has 1 fully saturated rings. The van der Waals surface area contributed by atoms with Crippen LogP contribution >= 0.6 is 0 Å². The number of sulfone groups is 1. The standard InChI is InChI=1S/C11H15NO3S/c1-16(14,15)10-6-8(2-3-9(10)12)11(7-13)4-5-11/h2-3,6,13H,4-5,7,12H2,1H3. The average molecular weight is 241 g/mol. The number of rotatable bonds is 3. The van der Waals surface area contributed by atoms with Gasteiger partial charge in [-0.3, -0.25) is 0 Å². The van der Waals surface area contributed by atoms with Gasteiger partial charge in [-0.05, 0) is 30.5 Å². The van der Waals surface area contributed by atoms with Crippen molar-refractivity contribution in [3.05, 3.63) is 23.8 Å². The van der Waals surface area contributed by atoms with E-state index in [0.29, 0.717) is 0 Å². The molecule has 0 bridgehead atoms. The van der Waals surface area contributed by atoms with Crippen LogP contribution in [0.3, 0.4) is 0 Å². The van der Waals surface area contributed by atoms with Gasteiger partial charge in [0.2, 0.25) is 0 Å². The molecule has 0 atom stereocenters. The van der Waals surface area contributed by atoms with Crippen molar-refractivity contribution < 1.29 is 13.5 Å². The maximum atomic E-state index is 11.5. The number of benzene rings is 1. The molecule has 0 saturated heterocycles. The zero-order chi connectivity index (χ0) is 12.0. The zero-order valence-electron chi connectivity index (χ0n) is 9.10. The van der Waals surface area contributed by atoms with Gasteiger partial charge in [-0.25, -0.2) is 8.42 Å². The molecule has 1 aliphatic carbocycles. The van der Waals surface area contributed by atoms with Crippen LogP contribution in [0.2, 0.25) is 0 Å². The quantitative estimate of drug-likeness (QED) is 0.763. The molecule has 0 heterocycles. The van der Waals surface area contributed by atoms with Crippen molar-refractivity contribution in [2.45, 2.75) is 23.2 Å². The first kappa shape index (κ1) is 11.4. The van der Waals surface area contributed by atoms with Crippen molar-refractivity contribution in [3.63, 3.8) is 0 Å². The number of hydrogen-bond donors (Lipinski definition) is 2. The fourth-order valence-corrected chi connectivity index (χ4v) is 2.71. The van der Waals surface area contributed by atoms with Crippen LogP contribution in [-0.2, 0) is 15.3 Å². The predicted molar refractivity (Wildman–Crippen MR) is 62.0 cm³/mol. The third kappa shape index (κ3) is 1.81. The average Bonchev–Trinajstić information content (AvgIpc) is 2.97. The highest BCUT2D eigenvalue weighted by Gasteiger charge is 2.44. The minimum atomic E-state index is -3.30. The van der Waals surface area contributed by atoms with E-state index in [4.69, 9.17) is 5.73 Å². The Morgan fingerprint density at radius 3 is 2.50 bits per heavy atom. The second-order valence-electron chi connectivity index (χ2n) is 4.46. The van der Waals surface area contributed by atoms with Gasteiger partial charge in [-0.15, -0.1) is 0 Å². The summed E-state index contributed by atoms with van der Waals surface area (Å²) in [6.45, 7) is 0.0557. The van der Waals surface area contributed by atoms with Gasteiger partial charge >= 0.3 is 0 Å². The maximum Gasteiger partial charge on any atom is 0.177 e. The highest BCUT2D eigenvalue weighted by atomic mass is 32.2. The van der Waals surface area contributed by atoms with Crippen LogP contribution in [0.15, 0.2) is 23.1 Å². The molecule has 88 valence electrons. The van der Waals surface area contributed by atoms with Gasteiger partial charge < -0.3 is 10.8 Å². The van der Waals surface area contributed by atoms with Crippen LogP contribution in [0, 0.1) is 0 Å². The van der Waals surface area contributed by atoms with Crippen LogP contribution in [0.25, 0.3) is 0 Å². The van der Waals surface area contributed by atoms with Crippen molar-refractivity contribution in [3.8, 4) is 0 Å². The molecule has 1 saturated carbocycles. The number of aliphatic hydroxyl groups is 1. The number of aliphatic hydroxyl groups excluding tert-OH is 1. The lowest BCUT2D eigenvalue weighted by atomic mass is 9.97. The Morgan fingerprint density at radius 1 is 1.44 bits per heavy atom. The summed E-state index contributed by atoms with van der Waals surface area (Å²) in [7, 11) is -3.30. The van der Waals surface area contributed by atoms with Gasteiger partial charge in [0.15, 0.2) is 9.84 Å². The third-order valence-corrected chi connectivity index (χ3v) is 4.33. The molecule has 0 amide bonds. The van der Waals surface area contributed by atoms with E-state index in [1.807, 2.05) is 0 Å². The summed E-state index contributed by atoms with van der Waals surface area (Å²) in [4.78, 5) is 0.157. The van der Waals surface area contributed by atoms with Crippen LogP contribution in [0.5, 0.6) is 0 Å². The van der Waals surface area contributed by atoms with E-state index in [2.05, 4.69) is 0 Å². The van der Waals surface area contributed by atoms with E-state index in [9.17, 15) is 13.5 Å².